The Morgan fingerprint density at radius 1 is 1.21 bits per heavy atom. The van der Waals surface area contributed by atoms with Gasteiger partial charge in [0.15, 0.2) is 5.82 Å². The Morgan fingerprint density at radius 2 is 1.89 bits per heavy atom. The van der Waals surface area contributed by atoms with Crippen LogP contribution >= 0.6 is 31.9 Å². The Balaban J connectivity index is 2.59. The Bertz CT molecular complexity index is 630. The number of halogens is 3. The number of nitrogens with zero attached hydrogens (tertiary/aromatic N) is 2. The minimum Gasteiger partial charge on any atom is -0.383 e. The van der Waals surface area contributed by atoms with E-state index in [1.807, 2.05) is 13.8 Å². The molecular weight excluding hydrogens is 377 g/mol. The summed E-state index contributed by atoms with van der Waals surface area (Å²) in [6.07, 6.45) is 0. The Labute approximate surface area is 127 Å². The molecule has 2 rings (SSSR count). The normalized spacial score (nSPS) is 11.1. The molecule has 0 unspecified atom stereocenters. The molecule has 2 N–H and O–H groups in total. The number of nitrogen functional groups attached to an aromatic ring is 1. The van der Waals surface area contributed by atoms with Gasteiger partial charge in [0.25, 0.3) is 0 Å². The van der Waals surface area contributed by atoms with E-state index in [-0.39, 0.29) is 11.7 Å². The van der Waals surface area contributed by atoms with Crippen LogP contribution in [-0.2, 0) is 0 Å². The molecule has 0 spiro atoms. The van der Waals surface area contributed by atoms with E-state index in [9.17, 15) is 4.39 Å². The lowest BCUT2D eigenvalue weighted by Gasteiger charge is -2.11. The minimum atomic E-state index is -0.353. The Hall–Kier alpha value is -1.01. The molecule has 1 aromatic heterocycles. The second-order valence-electron chi connectivity index (χ2n) is 4.42. The highest BCUT2D eigenvalue weighted by atomic mass is 79.9. The maximum absolute atomic E-state index is 13.6. The van der Waals surface area contributed by atoms with E-state index in [0.29, 0.717) is 26.2 Å². The van der Waals surface area contributed by atoms with Crippen molar-refractivity contribution in [2.75, 3.05) is 5.73 Å². The highest BCUT2D eigenvalue weighted by Crippen LogP contribution is 2.30. The number of anilines is 1. The SMILES string of the molecule is CC(C)c1nc(-c2ccc(Br)c(F)c2)nc(N)c1Br. The predicted octanol–water partition coefficient (Wildman–Crippen LogP) is 4.51. The van der Waals surface area contributed by atoms with Crippen molar-refractivity contribution >= 4 is 37.7 Å². The first-order valence-corrected chi connectivity index (χ1v) is 7.27. The summed E-state index contributed by atoms with van der Waals surface area (Å²) in [5.74, 6) is 0.625. The van der Waals surface area contributed by atoms with Crippen molar-refractivity contribution in [1.82, 2.24) is 9.97 Å². The van der Waals surface area contributed by atoms with Gasteiger partial charge in [-0.3, -0.25) is 0 Å². The van der Waals surface area contributed by atoms with Crippen LogP contribution in [-0.4, -0.2) is 9.97 Å². The molecule has 0 fully saturated rings. The fourth-order valence-corrected chi connectivity index (χ4v) is 2.51. The molecule has 1 heterocycles. The largest absolute Gasteiger partial charge is 0.383 e. The summed E-state index contributed by atoms with van der Waals surface area (Å²) >= 11 is 6.50. The van der Waals surface area contributed by atoms with Crippen LogP contribution in [0.2, 0.25) is 0 Å². The fourth-order valence-electron chi connectivity index (χ4n) is 1.63. The average molecular weight is 389 g/mol. The first-order valence-electron chi connectivity index (χ1n) is 5.68. The summed E-state index contributed by atoms with van der Waals surface area (Å²) in [5, 5.41) is 0. The molecule has 1 aromatic carbocycles. The van der Waals surface area contributed by atoms with Gasteiger partial charge in [-0.15, -0.1) is 0 Å². The number of nitrogens with two attached hydrogens (primary N) is 1. The monoisotopic (exact) mass is 387 g/mol. The van der Waals surface area contributed by atoms with Crippen LogP contribution in [0.4, 0.5) is 10.2 Å². The topological polar surface area (TPSA) is 51.8 Å². The standard InChI is InChI=1S/C13H12Br2FN3/c1-6(2)11-10(15)12(17)19-13(18-11)7-3-4-8(14)9(16)5-7/h3-6H,1-2H3,(H2,17,18,19). The van der Waals surface area contributed by atoms with Gasteiger partial charge in [-0.25, -0.2) is 14.4 Å². The number of hydrogen-bond donors (Lipinski definition) is 1. The third kappa shape index (κ3) is 2.95. The lowest BCUT2D eigenvalue weighted by atomic mass is 10.1. The smallest absolute Gasteiger partial charge is 0.161 e. The molecule has 0 saturated heterocycles. The van der Waals surface area contributed by atoms with Gasteiger partial charge < -0.3 is 5.73 Å². The number of aromatic nitrogens is 2. The zero-order valence-electron chi connectivity index (χ0n) is 10.4. The molecule has 0 bridgehead atoms. The minimum absolute atomic E-state index is 0.193. The molecular formula is C13H12Br2FN3. The summed E-state index contributed by atoms with van der Waals surface area (Å²) in [5.41, 5.74) is 7.27. The van der Waals surface area contributed by atoms with Crippen molar-refractivity contribution in [3.63, 3.8) is 0 Å². The maximum Gasteiger partial charge on any atom is 0.161 e. The summed E-state index contributed by atoms with van der Waals surface area (Å²) < 4.78 is 14.7. The third-order valence-electron chi connectivity index (χ3n) is 2.63. The van der Waals surface area contributed by atoms with Crippen molar-refractivity contribution in [3.05, 3.63) is 38.7 Å². The van der Waals surface area contributed by atoms with Gasteiger partial charge in [-0.05, 0) is 56.0 Å². The molecule has 0 radical (unpaired) electrons. The van der Waals surface area contributed by atoms with Crippen LogP contribution in [0.1, 0.15) is 25.5 Å². The van der Waals surface area contributed by atoms with Crippen LogP contribution in [0.5, 0.6) is 0 Å². The van der Waals surface area contributed by atoms with Gasteiger partial charge >= 0.3 is 0 Å². The van der Waals surface area contributed by atoms with Crippen molar-refractivity contribution in [3.8, 4) is 11.4 Å². The van der Waals surface area contributed by atoms with Gasteiger partial charge in [-0.2, -0.15) is 0 Å². The molecule has 3 nitrogen and oxygen atoms in total. The van der Waals surface area contributed by atoms with Crippen LogP contribution < -0.4 is 5.73 Å². The van der Waals surface area contributed by atoms with Gasteiger partial charge in [-0.1, -0.05) is 13.8 Å². The highest BCUT2D eigenvalue weighted by molar-refractivity contribution is 9.11. The van der Waals surface area contributed by atoms with E-state index in [0.717, 1.165) is 5.69 Å². The van der Waals surface area contributed by atoms with E-state index in [2.05, 4.69) is 41.8 Å². The first-order chi connectivity index (χ1) is 8.90. The summed E-state index contributed by atoms with van der Waals surface area (Å²) in [4.78, 5) is 8.65. The number of benzene rings is 1. The Morgan fingerprint density at radius 3 is 2.47 bits per heavy atom. The van der Waals surface area contributed by atoms with Crippen molar-refractivity contribution in [2.24, 2.45) is 0 Å². The van der Waals surface area contributed by atoms with Crippen molar-refractivity contribution < 1.29 is 4.39 Å². The van der Waals surface area contributed by atoms with Crippen LogP contribution in [0, 0.1) is 5.82 Å². The third-order valence-corrected chi connectivity index (χ3v) is 4.08. The molecule has 0 amide bonds. The number of rotatable bonds is 2. The lowest BCUT2D eigenvalue weighted by Crippen LogP contribution is -2.04. The quantitative estimate of drug-likeness (QED) is 0.823. The zero-order chi connectivity index (χ0) is 14.2. The van der Waals surface area contributed by atoms with Gasteiger partial charge in [0.1, 0.15) is 11.6 Å². The van der Waals surface area contributed by atoms with Crippen molar-refractivity contribution in [1.29, 1.82) is 0 Å². The molecule has 0 aliphatic heterocycles. The van der Waals surface area contributed by atoms with E-state index in [1.54, 1.807) is 12.1 Å². The average Bonchev–Trinajstić information content (AvgIpc) is 2.35. The van der Waals surface area contributed by atoms with Crippen molar-refractivity contribution in [2.45, 2.75) is 19.8 Å². The maximum atomic E-state index is 13.6. The molecule has 0 aliphatic carbocycles. The predicted molar refractivity (Wildman–Crippen MR) is 81.3 cm³/mol. The second-order valence-corrected chi connectivity index (χ2v) is 6.06. The highest BCUT2D eigenvalue weighted by Gasteiger charge is 2.14. The molecule has 19 heavy (non-hydrogen) atoms. The molecule has 6 heteroatoms. The van der Waals surface area contributed by atoms with E-state index in [4.69, 9.17) is 5.73 Å². The van der Waals surface area contributed by atoms with E-state index < -0.39 is 0 Å². The molecule has 0 saturated carbocycles. The summed E-state index contributed by atoms with van der Waals surface area (Å²) in [6.45, 7) is 4.02. The number of hydrogen-bond acceptors (Lipinski definition) is 3. The molecule has 0 atom stereocenters. The first kappa shape index (κ1) is 14.4. The summed E-state index contributed by atoms with van der Waals surface area (Å²) in [7, 11) is 0. The van der Waals surface area contributed by atoms with Crippen LogP contribution in [0.3, 0.4) is 0 Å². The molecule has 100 valence electrons. The lowest BCUT2D eigenvalue weighted by molar-refractivity contribution is 0.621. The molecule has 2 aromatic rings. The molecule has 0 aliphatic rings. The fraction of sp³-hybridized carbons (Fsp3) is 0.231. The van der Waals surface area contributed by atoms with E-state index >= 15 is 0 Å². The zero-order valence-corrected chi connectivity index (χ0v) is 13.6. The second kappa shape index (κ2) is 5.54. The van der Waals surface area contributed by atoms with Crippen LogP contribution in [0.15, 0.2) is 27.1 Å². The summed E-state index contributed by atoms with van der Waals surface area (Å²) in [6, 6.07) is 4.76. The Kier molecular flexibility index (Phi) is 4.20. The van der Waals surface area contributed by atoms with Gasteiger partial charge in [0.05, 0.1) is 14.6 Å². The van der Waals surface area contributed by atoms with Gasteiger partial charge in [0.2, 0.25) is 0 Å². The van der Waals surface area contributed by atoms with Gasteiger partial charge in [0, 0.05) is 5.56 Å². The van der Waals surface area contributed by atoms with Crippen LogP contribution in [0.25, 0.3) is 11.4 Å². The van der Waals surface area contributed by atoms with E-state index in [1.165, 1.54) is 6.07 Å².